The summed E-state index contributed by atoms with van der Waals surface area (Å²) in [6.07, 6.45) is 1.49. The van der Waals surface area contributed by atoms with E-state index in [1.807, 2.05) is 72.8 Å². The molecule has 0 saturated heterocycles. The third kappa shape index (κ3) is 6.17. The summed E-state index contributed by atoms with van der Waals surface area (Å²) in [5.74, 6) is 0.486. The minimum Gasteiger partial charge on any atom is -0.497 e. The lowest BCUT2D eigenvalue weighted by atomic mass is 10.2. The van der Waals surface area contributed by atoms with Gasteiger partial charge in [-0.2, -0.15) is 5.10 Å². The Morgan fingerprint density at radius 3 is 2.69 bits per heavy atom. The number of hydrogen-bond donors (Lipinski definition) is 2. The van der Waals surface area contributed by atoms with Gasteiger partial charge in [0, 0.05) is 15.6 Å². The van der Waals surface area contributed by atoms with Gasteiger partial charge in [0.05, 0.1) is 24.9 Å². The normalized spacial score (nSPS) is 10.9. The number of methoxy groups -OCH3 is 1. The molecule has 0 radical (unpaired) electrons. The summed E-state index contributed by atoms with van der Waals surface area (Å²) in [4.78, 5) is 25.0. The van der Waals surface area contributed by atoms with Crippen molar-refractivity contribution in [1.29, 1.82) is 0 Å². The van der Waals surface area contributed by atoms with E-state index in [0.717, 1.165) is 21.4 Å². The molecule has 2 N–H and O–H groups in total. The molecule has 0 fully saturated rings. The zero-order valence-electron chi connectivity index (χ0n) is 18.8. The fraction of sp³-hybridized carbons (Fsp3) is 0.115. The maximum absolute atomic E-state index is 12.5. The second-order valence-corrected chi connectivity index (χ2v) is 8.83. The summed E-state index contributed by atoms with van der Waals surface area (Å²) in [5.41, 5.74) is 4.06. The number of para-hydroxylation sites is 1. The minimum atomic E-state index is -0.471. The first-order chi connectivity index (χ1) is 17.0. The van der Waals surface area contributed by atoms with Crippen molar-refractivity contribution in [2.75, 3.05) is 13.7 Å². The Kier molecular flexibility index (Phi) is 7.97. The van der Waals surface area contributed by atoms with Crippen molar-refractivity contribution in [2.24, 2.45) is 5.10 Å². The number of hydrogen-bond acceptors (Lipinski definition) is 6. The van der Waals surface area contributed by atoms with Crippen LogP contribution in [-0.2, 0) is 11.4 Å². The average molecular weight is 508 g/mol. The number of hydrazone groups is 1. The van der Waals surface area contributed by atoms with Gasteiger partial charge in [0.1, 0.15) is 23.0 Å². The predicted molar refractivity (Wildman–Crippen MR) is 139 cm³/mol. The smallest absolute Gasteiger partial charge is 0.263 e. The quantitative estimate of drug-likeness (QED) is 0.246. The Bertz CT molecular complexity index is 1390. The zero-order valence-corrected chi connectivity index (χ0v) is 20.4. The Morgan fingerprint density at radius 1 is 1.06 bits per heavy atom. The molecule has 0 spiro atoms. The lowest BCUT2D eigenvalue weighted by Crippen LogP contribution is -2.34. The third-order valence-electron chi connectivity index (χ3n) is 4.99. The number of ether oxygens (including phenoxy) is 2. The van der Waals surface area contributed by atoms with Gasteiger partial charge in [0.25, 0.3) is 11.8 Å². The molecule has 0 aliphatic rings. The third-order valence-corrected chi connectivity index (χ3v) is 6.67. The summed E-state index contributed by atoms with van der Waals surface area (Å²) >= 11 is 7.60. The number of halogens is 1. The van der Waals surface area contributed by atoms with Crippen molar-refractivity contribution in [3.8, 4) is 11.5 Å². The number of amides is 2. The molecule has 0 aliphatic carbocycles. The van der Waals surface area contributed by atoms with Crippen LogP contribution in [0.15, 0.2) is 77.9 Å². The zero-order chi connectivity index (χ0) is 24.6. The molecule has 0 aliphatic heterocycles. The summed E-state index contributed by atoms with van der Waals surface area (Å²) in [6, 6.07) is 22.4. The Balaban J connectivity index is 1.30. The summed E-state index contributed by atoms with van der Waals surface area (Å²) in [6.45, 7) is 0.107. The van der Waals surface area contributed by atoms with Crippen LogP contribution in [0.25, 0.3) is 10.1 Å². The van der Waals surface area contributed by atoms with Gasteiger partial charge >= 0.3 is 0 Å². The van der Waals surface area contributed by atoms with Gasteiger partial charge in [0.15, 0.2) is 0 Å². The topological polar surface area (TPSA) is 89.0 Å². The second kappa shape index (κ2) is 11.5. The molecule has 4 aromatic rings. The number of carbonyl (C=O) groups excluding carboxylic acids is 2. The largest absolute Gasteiger partial charge is 0.497 e. The molecule has 7 nitrogen and oxygen atoms in total. The highest BCUT2D eigenvalue weighted by Crippen LogP contribution is 2.34. The van der Waals surface area contributed by atoms with Crippen LogP contribution in [0.5, 0.6) is 11.5 Å². The van der Waals surface area contributed by atoms with E-state index in [2.05, 4.69) is 15.8 Å². The van der Waals surface area contributed by atoms with Crippen molar-refractivity contribution in [1.82, 2.24) is 10.7 Å². The number of benzene rings is 3. The monoisotopic (exact) mass is 507 g/mol. The van der Waals surface area contributed by atoms with E-state index < -0.39 is 11.8 Å². The summed E-state index contributed by atoms with van der Waals surface area (Å²) in [7, 11) is 1.62. The first kappa shape index (κ1) is 24.3. The number of fused-ring (bicyclic) bond motifs is 1. The molecule has 2 amide bonds. The molecule has 178 valence electrons. The van der Waals surface area contributed by atoms with Crippen molar-refractivity contribution in [3.63, 3.8) is 0 Å². The molecule has 9 heteroatoms. The number of thiophene rings is 1. The van der Waals surface area contributed by atoms with Crippen LogP contribution in [-0.4, -0.2) is 31.7 Å². The van der Waals surface area contributed by atoms with Gasteiger partial charge in [-0.1, -0.05) is 54.1 Å². The highest BCUT2D eigenvalue weighted by molar-refractivity contribution is 7.21. The fourth-order valence-corrected chi connectivity index (χ4v) is 4.69. The highest BCUT2D eigenvalue weighted by atomic mass is 35.5. The number of nitrogens with one attached hydrogen (secondary N) is 2. The molecule has 0 bridgehead atoms. The van der Waals surface area contributed by atoms with E-state index in [9.17, 15) is 9.59 Å². The van der Waals surface area contributed by atoms with Gasteiger partial charge in [-0.3, -0.25) is 9.59 Å². The van der Waals surface area contributed by atoms with Gasteiger partial charge in [-0.25, -0.2) is 5.43 Å². The van der Waals surface area contributed by atoms with E-state index in [1.54, 1.807) is 7.11 Å². The number of rotatable bonds is 9. The van der Waals surface area contributed by atoms with Crippen LogP contribution in [0.4, 0.5) is 0 Å². The van der Waals surface area contributed by atoms with Crippen LogP contribution < -0.4 is 20.2 Å². The highest BCUT2D eigenvalue weighted by Gasteiger charge is 2.17. The van der Waals surface area contributed by atoms with Crippen molar-refractivity contribution >= 4 is 51.1 Å². The maximum Gasteiger partial charge on any atom is 0.263 e. The van der Waals surface area contributed by atoms with Crippen LogP contribution in [0, 0.1) is 0 Å². The SMILES string of the molecule is COc1cccc(COc2ccccc2C=NNC(=O)CNC(=O)c2sc3ccccc3c2Cl)c1. The van der Waals surface area contributed by atoms with E-state index in [0.29, 0.717) is 27.8 Å². The van der Waals surface area contributed by atoms with Gasteiger partial charge < -0.3 is 14.8 Å². The Hall–Kier alpha value is -3.88. The molecule has 0 unspecified atom stereocenters. The number of nitrogens with zero attached hydrogens (tertiary/aromatic N) is 1. The Labute approximate surface area is 211 Å². The fourth-order valence-electron chi connectivity index (χ4n) is 3.26. The van der Waals surface area contributed by atoms with E-state index in [1.165, 1.54) is 17.6 Å². The minimum absolute atomic E-state index is 0.241. The lowest BCUT2D eigenvalue weighted by molar-refractivity contribution is -0.120. The van der Waals surface area contributed by atoms with Crippen LogP contribution in [0.2, 0.25) is 5.02 Å². The molecule has 35 heavy (non-hydrogen) atoms. The summed E-state index contributed by atoms with van der Waals surface area (Å²) in [5, 5.41) is 7.76. The number of carbonyl (C=O) groups is 2. The molecule has 3 aromatic carbocycles. The molecule has 4 rings (SSSR count). The standard InChI is InChI=1S/C26H22ClN3O4S/c1-33-19-9-6-7-17(13-19)16-34-21-11-4-2-8-18(21)14-29-30-23(31)15-28-26(32)25-24(27)20-10-3-5-12-22(20)35-25/h2-14H,15-16H2,1H3,(H,28,32)(H,30,31). The average Bonchev–Trinajstić information content (AvgIpc) is 3.23. The van der Waals surface area contributed by atoms with Gasteiger partial charge in [-0.05, 0) is 35.9 Å². The van der Waals surface area contributed by atoms with Crippen molar-refractivity contribution in [2.45, 2.75) is 6.61 Å². The van der Waals surface area contributed by atoms with E-state index in [-0.39, 0.29) is 6.54 Å². The molecule has 0 atom stereocenters. The van der Waals surface area contributed by atoms with Crippen LogP contribution >= 0.6 is 22.9 Å². The molecule has 1 heterocycles. The van der Waals surface area contributed by atoms with E-state index >= 15 is 0 Å². The first-order valence-electron chi connectivity index (χ1n) is 10.7. The predicted octanol–water partition coefficient (Wildman–Crippen LogP) is 5.02. The Morgan fingerprint density at radius 2 is 1.86 bits per heavy atom. The first-order valence-corrected chi connectivity index (χ1v) is 11.9. The maximum atomic E-state index is 12.5. The van der Waals surface area contributed by atoms with E-state index in [4.69, 9.17) is 21.1 Å². The lowest BCUT2D eigenvalue weighted by Gasteiger charge is -2.10. The molecule has 0 saturated carbocycles. The van der Waals surface area contributed by atoms with Crippen molar-refractivity contribution in [3.05, 3.63) is 93.8 Å². The summed E-state index contributed by atoms with van der Waals surface area (Å²) < 4.78 is 12.1. The van der Waals surface area contributed by atoms with Crippen LogP contribution in [0.1, 0.15) is 20.8 Å². The second-order valence-electron chi connectivity index (χ2n) is 7.40. The molecular weight excluding hydrogens is 486 g/mol. The van der Waals surface area contributed by atoms with Crippen molar-refractivity contribution < 1.29 is 19.1 Å². The molecule has 1 aromatic heterocycles. The molecular formula is C26H22ClN3O4S. The van der Waals surface area contributed by atoms with Gasteiger partial charge in [-0.15, -0.1) is 11.3 Å². The van der Waals surface area contributed by atoms with Gasteiger partial charge in [0.2, 0.25) is 0 Å². The van der Waals surface area contributed by atoms with Crippen LogP contribution in [0.3, 0.4) is 0 Å².